The fourth-order valence-corrected chi connectivity index (χ4v) is 4.89. The van der Waals surface area contributed by atoms with E-state index in [0.717, 1.165) is 33.1 Å². The molecule has 2 amide bonds. The molecule has 0 saturated heterocycles. The number of benzene rings is 1. The van der Waals surface area contributed by atoms with Crippen LogP contribution in [0.5, 0.6) is 0 Å². The van der Waals surface area contributed by atoms with E-state index in [9.17, 15) is 9.59 Å². The average molecular weight is 397 g/mol. The summed E-state index contributed by atoms with van der Waals surface area (Å²) < 4.78 is 1.66. The fourth-order valence-electron chi connectivity index (χ4n) is 2.02. The van der Waals surface area contributed by atoms with Gasteiger partial charge in [0.05, 0.1) is 5.75 Å². The smallest absolute Gasteiger partial charge is 0.248 e. The lowest BCUT2D eigenvalue weighted by Gasteiger charge is -2.17. The number of primary amides is 1. The predicted molar refractivity (Wildman–Crippen MR) is 103 cm³/mol. The van der Waals surface area contributed by atoms with Crippen molar-refractivity contribution < 1.29 is 9.59 Å². The number of carbonyl (C=O) groups is 2. The lowest BCUT2D eigenvalue weighted by Crippen LogP contribution is -2.31. The minimum absolute atomic E-state index is 0.119. The van der Waals surface area contributed by atoms with Crippen LogP contribution in [-0.2, 0) is 10.5 Å². The summed E-state index contributed by atoms with van der Waals surface area (Å²) in [7, 11) is 0. The number of hydrogen-bond acceptors (Lipinski definition) is 7. The van der Waals surface area contributed by atoms with Crippen LogP contribution in [-0.4, -0.2) is 45.8 Å². The van der Waals surface area contributed by atoms with Gasteiger partial charge in [-0.1, -0.05) is 47.0 Å². The molecule has 1 aromatic carbocycles. The quantitative estimate of drug-likeness (QED) is 0.656. The van der Waals surface area contributed by atoms with Crippen LogP contribution in [0, 0.1) is 0 Å². The van der Waals surface area contributed by atoms with E-state index in [1.54, 1.807) is 28.8 Å². The Kier molecular flexibility index (Phi) is 7.73. The molecule has 2 rings (SSSR count). The first-order chi connectivity index (χ1) is 12.0. The van der Waals surface area contributed by atoms with Crippen molar-refractivity contribution in [2.45, 2.75) is 28.3 Å². The number of carbonyl (C=O) groups excluding carboxylic acids is 2. The van der Waals surface area contributed by atoms with Crippen molar-refractivity contribution in [3.8, 4) is 0 Å². The van der Waals surface area contributed by atoms with Crippen molar-refractivity contribution in [2.24, 2.45) is 5.73 Å². The summed E-state index contributed by atoms with van der Waals surface area (Å²) in [5.74, 6) is 0.810. The number of nitrogens with zero attached hydrogens (tertiary/aromatic N) is 3. The van der Waals surface area contributed by atoms with Crippen LogP contribution in [0.1, 0.15) is 29.8 Å². The lowest BCUT2D eigenvalue weighted by molar-refractivity contribution is -0.127. The molecule has 0 radical (unpaired) electrons. The highest BCUT2D eigenvalue weighted by atomic mass is 32.2. The van der Waals surface area contributed by atoms with Crippen LogP contribution in [0.15, 0.2) is 32.9 Å². The van der Waals surface area contributed by atoms with Gasteiger partial charge in [-0.3, -0.25) is 9.59 Å². The third kappa shape index (κ3) is 6.02. The van der Waals surface area contributed by atoms with Crippen molar-refractivity contribution in [1.82, 2.24) is 15.1 Å². The van der Waals surface area contributed by atoms with Crippen LogP contribution in [0.2, 0.25) is 0 Å². The van der Waals surface area contributed by atoms with Gasteiger partial charge in [-0.15, -0.1) is 10.2 Å². The number of thioether (sulfide) groups is 2. The van der Waals surface area contributed by atoms with Crippen LogP contribution in [0.4, 0.5) is 0 Å². The summed E-state index contributed by atoms with van der Waals surface area (Å²) in [4.78, 5) is 24.9. The lowest BCUT2D eigenvalue weighted by atomic mass is 10.1. The maximum atomic E-state index is 12.0. The van der Waals surface area contributed by atoms with E-state index >= 15 is 0 Å². The molecule has 0 spiro atoms. The van der Waals surface area contributed by atoms with Gasteiger partial charge in [-0.2, -0.15) is 0 Å². The van der Waals surface area contributed by atoms with Crippen LogP contribution in [0.3, 0.4) is 0 Å². The molecule has 0 aliphatic rings. The van der Waals surface area contributed by atoms with Crippen LogP contribution in [0.25, 0.3) is 0 Å². The van der Waals surface area contributed by atoms with Gasteiger partial charge in [0, 0.05) is 24.4 Å². The van der Waals surface area contributed by atoms with Gasteiger partial charge in [-0.05, 0) is 31.5 Å². The monoisotopic (exact) mass is 396 g/mol. The van der Waals surface area contributed by atoms with Gasteiger partial charge in [0.1, 0.15) is 0 Å². The highest BCUT2D eigenvalue weighted by Gasteiger charge is 2.12. The van der Waals surface area contributed by atoms with Gasteiger partial charge in [-0.25, -0.2) is 0 Å². The average Bonchev–Trinajstić information content (AvgIpc) is 3.07. The Labute approximate surface area is 159 Å². The normalized spacial score (nSPS) is 10.6. The molecule has 0 bridgehead atoms. The third-order valence-electron chi connectivity index (χ3n) is 3.42. The Morgan fingerprint density at radius 3 is 2.24 bits per heavy atom. The van der Waals surface area contributed by atoms with Crippen molar-refractivity contribution >= 4 is 46.7 Å². The zero-order chi connectivity index (χ0) is 18.2. The first-order valence-electron chi connectivity index (χ1n) is 7.79. The molecule has 0 atom stereocenters. The minimum Gasteiger partial charge on any atom is -0.366 e. The third-order valence-corrected chi connectivity index (χ3v) is 6.67. The molecular weight excluding hydrogens is 376 g/mol. The Morgan fingerprint density at radius 2 is 1.68 bits per heavy atom. The van der Waals surface area contributed by atoms with Crippen molar-refractivity contribution in [3.63, 3.8) is 0 Å². The Balaban J connectivity index is 1.83. The van der Waals surface area contributed by atoms with E-state index in [2.05, 4.69) is 10.2 Å². The van der Waals surface area contributed by atoms with Gasteiger partial charge < -0.3 is 10.6 Å². The molecule has 6 nitrogen and oxygen atoms in total. The maximum absolute atomic E-state index is 12.0. The first-order valence-corrected chi connectivity index (χ1v) is 10.6. The number of amides is 2. The van der Waals surface area contributed by atoms with E-state index < -0.39 is 5.91 Å². The highest BCUT2D eigenvalue weighted by Crippen LogP contribution is 2.30. The number of nitrogens with two attached hydrogens (primary N) is 1. The zero-order valence-corrected chi connectivity index (χ0v) is 16.5. The van der Waals surface area contributed by atoms with E-state index in [1.807, 2.05) is 26.0 Å². The second-order valence-electron chi connectivity index (χ2n) is 5.04. The van der Waals surface area contributed by atoms with Crippen molar-refractivity contribution in [1.29, 1.82) is 0 Å². The molecule has 0 unspecified atom stereocenters. The topological polar surface area (TPSA) is 89.2 Å². The molecule has 25 heavy (non-hydrogen) atoms. The zero-order valence-electron chi connectivity index (χ0n) is 14.1. The second kappa shape index (κ2) is 9.79. The van der Waals surface area contributed by atoms with Gasteiger partial charge >= 0.3 is 0 Å². The molecule has 1 heterocycles. The molecule has 0 fully saturated rings. The van der Waals surface area contributed by atoms with E-state index in [4.69, 9.17) is 5.73 Å². The molecule has 134 valence electrons. The molecule has 2 N–H and O–H groups in total. The summed E-state index contributed by atoms with van der Waals surface area (Å²) in [5.41, 5.74) is 6.81. The van der Waals surface area contributed by atoms with Gasteiger partial charge in [0.15, 0.2) is 8.68 Å². The molecule has 0 aliphatic heterocycles. The van der Waals surface area contributed by atoms with E-state index in [1.165, 1.54) is 23.1 Å². The SMILES string of the molecule is CCN(CC)C(=O)CSc1nnc(SCc2ccc(C(N)=O)cc2)s1. The van der Waals surface area contributed by atoms with E-state index in [-0.39, 0.29) is 5.91 Å². The number of rotatable bonds is 9. The minimum atomic E-state index is -0.427. The highest BCUT2D eigenvalue weighted by molar-refractivity contribution is 8.03. The first kappa shape index (κ1) is 19.7. The number of aromatic nitrogens is 2. The van der Waals surface area contributed by atoms with E-state index in [0.29, 0.717) is 11.3 Å². The predicted octanol–water partition coefficient (Wildman–Crippen LogP) is 2.89. The Bertz CT molecular complexity index is 714. The molecule has 2 aromatic rings. The summed E-state index contributed by atoms with van der Waals surface area (Å²) >= 11 is 4.49. The van der Waals surface area contributed by atoms with Crippen molar-refractivity contribution in [2.75, 3.05) is 18.8 Å². The molecule has 0 saturated carbocycles. The standard InChI is InChI=1S/C16H20N4O2S3/c1-3-20(4-2)13(21)10-24-16-19-18-15(25-16)23-9-11-5-7-12(8-6-11)14(17)22/h5-8H,3-4,9-10H2,1-2H3,(H2,17,22). The Hall–Kier alpha value is -1.58. The Morgan fingerprint density at radius 1 is 1.08 bits per heavy atom. The second-order valence-corrected chi connectivity index (χ2v) is 8.46. The van der Waals surface area contributed by atoms with Crippen molar-refractivity contribution in [3.05, 3.63) is 35.4 Å². The molecule has 9 heteroatoms. The number of hydrogen-bond donors (Lipinski definition) is 1. The molecular formula is C16H20N4O2S3. The molecule has 1 aromatic heterocycles. The van der Waals surface area contributed by atoms with Gasteiger partial charge in [0.25, 0.3) is 0 Å². The summed E-state index contributed by atoms with van der Waals surface area (Å²) in [6.45, 7) is 5.40. The fraction of sp³-hybridized carbons (Fsp3) is 0.375. The van der Waals surface area contributed by atoms with Gasteiger partial charge in [0.2, 0.25) is 11.8 Å². The van der Waals surface area contributed by atoms with Crippen LogP contribution < -0.4 is 5.73 Å². The largest absolute Gasteiger partial charge is 0.366 e. The summed E-state index contributed by atoms with van der Waals surface area (Å²) in [6.07, 6.45) is 0. The summed E-state index contributed by atoms with van der Waals surface area (Å²) in [5, 5.41) is 8.28. The molecule has 0 aliphatic carbocycles. The maximum Gasteiger partial charge on any atom is 0.248 e. The van der Waals surface area contributed by atoms with Crippen LogP contribution >= 0.6 is 34.9 Å². The summed E-state index contributed by atoms with van der Waals surface area (Å²) in [6, 6.07) is 7.20.